The van der Waals surface area contributed by atoms with E-state index >= 15 is 0 Å². The molecular weight excluding hydrogens is 188 g/mol. The van der Waals surface area contributed by atoms with Gasteiger partial charge in [0.05, 0.1) is 7.11 Å². The molecule has 0 aliphatic heterocycles. The molecular formula is C9H13ClN2O. The molecule has 0 radical (unpaired) electrons. The first-order valence-electron chi connectivity index (χ1n) is 4.11. The SMILES string of the molecule is CNCCc1cc(OC)c(Cl)cn1. The van der Waals surface area contributed by atoms with Gasteiger partial charge in [-0.25, -0.2) is 0 Å². The average Bonchev–Trinajstić information content (AvgIpc) is 2.16. The maximum absolute atomic E-state index is 5.83. The minimum absolute atomic E-state index is 0.552. The van der Waals surface area contributed by atoms with Gasteiger partial charge < -0.3 is 10.1 Å². The quantitative estimate of drug-likeness (QED) is 0.800. The van der Waals surface area contributed by atoms with Gasteiger partial charge in [-0.2, -0.15) is 0 Å². The Bertz CT molecular complexity index is 278. The van der Waals surface area contributed by atoms with Crippen LogP contribution in [0, 0.1) is 0 Å². The van der Waals surface area contributed by atoms with Crippen molar-refractivity contribution in [3.63, 3.8) is 0 Å². The maximum Gasteiger partial charge on any atom is 0.140 e. The number of hydrogen-bond donors (Lipinski definition) is 1. The van der Waals surface area contributed by atoms with Gasteiger partial charge in [0.2, 0.25) is 0 Å². The number of nitrogens with one attached hydrogen (secondary N) is 1. The van der Waals surface area contributed by atoms with E-state index in [1.54, 1.807) is 13.3 Å². The summed E-state index contributed by atoms with van der Waals surface area (Å²) in [6.45, 7) is 0.901. The van der Waals surface area contributed by atoms with Crippen LogP contribution in [0.2, 0.25) is 5.02 Å². The summed E-state index contributed by atoms with van der Waals surface area (Å²) in [4.78, 5) is 4.17. The fourth-order valence-electron chi connectivity index (χ4n) is 1.01. The molecule has 1 rings (SSSR count). The predicted molar refractivity (Wildman–Crippen MR) is 53.4 cm³/mol. The first-order chi connectivity index (χ1) is 6.27. The highest BCUT2D eigenvalue weighted by Gasteiger charge is 2.02. The number of nitrogens with zero attached hydrogens (tertiary/aromatic N) is 1. The van der Waals surface area contributed by atoms with Crippen molar-refractivity contribution in [2.75, 3.05) is 20.7 Å². The Hall–Kier alpha value is -0.800. The summed E-state index contributed by atoms with van der Waals surface area (Å²) in [6.07, 6.45) is 2.50. The lowest BCUT2D eigenvalue weighted by molar-refractivity contribution is 0.413. The first-order valence-corrected chi connectivity index (χ1v) is 4.48. The highest BCUT2D eigenvalue weighted by Crippen LogP contribution is 2.23. The third-order valence-corrected chi connectivity index (χ3v) is 2.01. The molecule has 3 nitrogen and oxygen atoms in total. The maximum atomic E-state index is 5.83. The highest BCUT2D eigenvalue weighted by atomic mass is 35.5. The lowest BCUT2D eigenvalue weighted by atomic mass is 10.2. The zero-order valence-corrected chi connectivity index (χ0v) is 8.56. The number of likely N-dealkylation sites (N-methyl/N-ethyl adjacent to an activating group) is 1. The van der Waals surface area contributed by atoms with E-state index < -0.39 is 0 Å². The van der Waals surface area contributed by atoms with Gasteiger partial charge in [0.1, 0.15) is 10.8 Å². The molecule has 0 bridgehead atoms. The Labute approximate surface area is 83.1 Å². The predicted octanol–water partition coefficient (Wildman–Crippen LogP) is 1.51. The van der Waals surface area contributed by atoms with Gasteiger partial charge in [0, 0.05) is 30.9 Å². The van der Waals surface area contributed by atoms with Crippen molar-refractivity contribution < 1.29 is 4.74 Å². The summed E-state index contributed by atoms with van der Waals surface area (Å²) >= 11 is 5.83. The fraction of sp³-hybridized carbons (Fsp3) is 0.444. The molecule has 0 unspecified atom stereocenters. The molecule has 0 fully saturated rings. The molecule has 0 aliphatic rings. The van der Waals surface area contributed by atoms with E-state index in [1.807, 2.05) is 13.1 Å². The monoisotopic (exact) mass is 200 g/mol. The zero-order valence-electron chi connectivity index (χ0n) is 7.80. The molecule has 72 valence electrons. The van der Waals surface area contributed by atoms with Gasteiger partial charge >= 0.3 is 0 Å². The smallest absolute Gasteiger partial charge is 0.140 e. The van der Waals surface area contributed by atoms with Crippen LogP contribution in [0.1, 0.15) is 5.69 Å². The van der Waals surface area contributed by atoms with Crippen LogP contribution in [0.15, 0.2) is 12.3 Å². The van der Waals surface area contributed by atoms with Crippen molar-refractivity contribution >= 4 is 11.6 Å². The van der Waals surface area contributed by atoms with Crippen LogP contribution in [0.4, 0.5) is 0 Å². The van der Waals surface area contributed by atoms with Gasteiger partial charge in [-0.15, -0.1) is 0 Å². The van der Waals surface area contributed by atoms with Crippen LogP contribution in [-0.4, -0.2) is 25.7 Å². The van der Waals surface area contributed by atoms with Crippen molar-refractivity contribution in [2.45, 2.75) is 6.42 Å². The Balaban J connectivity index is 2.74. The fourth-order valence-corrected chi connectivity index (χ4v) is 1.19. The van der Waals surface area contributed by atoms with E-state index in [1.165, 1.54) is 0 Å². The number of rotatable bonds is 4. The summed E-state index contributed by atoms with van der Waals surface area (Å²) < 4.78 is 5.07. The van der Waals surface area contributed by atoms with Gasteiger partial charge in [0.15, 0.2) is 0 Å². The van der Waals surface area contributed by atoms with Crippen molar-refractivity contribution in [3.8, 4) is 5.75 Å². The van der Waals surface area contributed by atoms with E-state index in [0.717, 1.165) is 18.7 Å². The molecule has 0 amide bonds. The van der Waals surface area contributed by atoms with Crippen molar-refractivity contribution in [2.24, 2.45) is 0 Å². The average molecular weight is 201 g/mol. The lowest BCUT2D eigenvalue weighted by Gasteiger charge is -2.05. The molecule has 0 saturated carbocycles. The molecule has 0 aromatic carbocycles. The third kappa shape index (κ3) is 2.86. The zero-order chi connectivity index (χ0) is 9.68. The number of halogens is 1. The summed E-state index contributed by atoms with van der Waals surface area (Å²) in [7, 11) is 3.51. The molecule has 1 heterocycles. The molecule has 0 atom stereocenters. The van der Waals surface area contributed by atoms with Crippen molar-refractivity contribution in [3.05, 3.63) is 23.0 Å². The molecule has 1 N–H and O–H groups in total. The number of pyridine rings is 1. The van der Waals surface area contributed by atoms with Crippen LogP contribution < -0.4 is 10.1 Å². The lowest BCUT2D eigenvalue weighted by Crippen LogP contribution is -2.11. The summed E-state index contributed by atoms with van der Waals surface area (Å²) in [5.74, 6) is 0.683. The van der Waals surface area contributed by atoms with E-state index in [0.29, 0.717) is 10.8 Å². The van der Waals surface area contributed by atoms with Crippen LogP contribution in [-0.2, 0) is 6.42 Å². The van der Waals surface area contributed by atoms with Crippen LogP contribution in [0.25, 0.3) is 0 Å². The van der Waals surface area contributed by atoms with E-state index in [4.69, 9.17) is 16.3 Å². The minimum Gasteiger partial charge on any atom is -0.495 e. The second-order valence-corrected chi connectivity index (χ2v) is 3.07. The Morgan fingerprint density at radius 3 is 3.00 bits per heavy atom. The van der Waals surface area contributed by atoms with Crippen molar-refractivity contribution in [1.82, 2.24) is 10.3 Å². The number of aromatic nitrogens is 1. The summed E-state index contributed by atoms with van der Waals surface area (Å²) in [5.41, 5.74) is 0.982. The number of ether oxygens (including phenoxy) is 1. The van der Waals surface area contributed by atoms with E-state index in [9.17, 15) is 0 Å². The normalized spacial score (nSPS) is 10.1. The molecule has 1 aromatic rings. The van der Waals surface area contributed by atoms with Gasteiger partial charge in [-0.05, 0) is 7.05 Å². The minimum atomic E-state index is 0.552. The largest absolute Gasteiger partial charge is 0.495 e. The van der Waals surface area contributed by atoms with Crippen LogP contribution >= 0.6 is 11.6 Å². The highest BCUT2D eigenvalue weighted by molar-refractivity contribution is 6.31. The second kappa shape index (κ2) is 5.04. The van der Waals surface area contributed by atoms with Crippen LogP contribution in [0.3, 0.4) is 0 Å². The number of methoxy groups -OCH3 is 1. The second-order valence-electron chi connectivity index (χ2n) is 2.66. The topological polar surface area (TPSA) is 34.1 Å². The van der Waals surface area contributed by atoms with Gasteiger partial charge in [-0.1, -0.05) is 11.6 Å². The molecule has 0 saturated heterocycles. The number of hydrogen-bond acceptors (Lipinski definition) is 3. The van der Waals surface area contributed by atoms with Crippen molar-refractivity contribution in [1.29, 1.82) is 0 Å². The van der Waals surface area contributed by atoms with Gasteiger partial charge in [0.25, 0.3) is 0 Å². The summed E-state index contributed by atoms with van der Waals surface area (Å²) in [6, 6.07) is 1.86. The molecule has 4 heteroatoms. The van der Waals surface area contributed by atoms with E-state index in [2.05, 4.69) is 10.3 Å². The molecule has 1 aromatic heterocycles. The van der Waals surface area contributed by atoms with Gasteiger partial charge in [-0.3, -0.25) is 4.98 Å². The third-order valence-electron chi connectivity index (χ3n) is 1.73. The van der Waals surface area contributed by atoms with Crippen LogP contribution in [0.5, 0.6) is 5.75 Å². The first kappa shape index (κ1) is 10.3. The van der Waals surface area contributed by atoms with E-state index in [-0.39, 0.29) is 0 Å². The summed E-state index contributed by atoms with van der Waals surface area (Å²) in [5, 5.41) is 3.61. The Morgan fingerprint density at radius 2 is 2.38 bits per heavy atom. The molecule has 0 aliphatic carbocycles. The standard InChI is InChI=1S/C9H13ClN2O/c1-11-4-3-7-5-9(13-2)8(10)6-12-7/h5-6,11H,3-4H2,1-2H3. The molecule has 13 heavy (non-hydrogen) atoms. The molecule has 0 spiro atoms. The Morgan fingerprint density at radius 1 is 1.62 bits per heavy atom. The Kier molecular flexibility index (Phi) is 3.99.